The summed E-state index contributed by atoms with van der Waals surface area (Å²) in [5.74, 6) is -0.854. The topological polar surface area (TPSA) is 95.9 Å². The SMILES string of the molecule is CC1CCCC(CO)(NC(=O)C2CCC(C(=O)O)O2)C1. The van der Waals surface area contributed by atoms with Crippen LogP contribution in [-0.2, 0) is 14.3 Å². The average molecular weight is 285 g/mol. The molecular formula is C14H23NO5. The van der Waals surface area contributed by atoms with E-state index in [2.05, 4.69) is 12.2 Å². The largest absolute Gasteiger partial charge is 0.479 e. The third-order valence-electron chi connectivity index (χ3n) is 4.37. The molecule has 0 aromatic heterocycles. The molecule has 0 spiro atoms. The molecular weight excluding hydrogens is 262 g/mol. The van der Waals surface area contributed by atoms with Gasteiger partial charge in [0, 0.05) is 0 Å². The Bertz CT molecular complexity index is 386. The summed E-state index contributed by atoms with van der Waals surface area (Å²) in [5.41, 5.74) is -0.570. The lowest BCUT2D eigenvalue weighted by atomic mass is 9.76. The molecule has 4 atom stereocenters. The highest BCUT2D eigenvalue weighted by atomic mass is 16.5. The highest BCUT2D eigenvalue weighted by Gasteiger charge is 2.40. The third-order valence-corrected chi connectivity index (χ3v) is 4.37. The summed E-state index contributed by atoms with van der Waals surface area (Å²) in [6.45, 7) is 2.03. The number of hydrogen-bond acceptors (Lipinski definition) is 4. The lowest BCUT2D eigenvalue weighted by Crippen LogP contribution is -2.56. The van der Waals surface area contributed by atoms with Gasteiger partial charge in [-0.2, -0.15) is 0 Å². The number of carboxylic acid groups (broad SMARTS) is 1. The molecule has 2 fully saturated rings. The summed E-state index contributed by atoms with van der Waals surface area (Å²) in [5, 5.41) is 21.4. The summed E-state index contributed by atoms with van der Waals surface area (Å²) in [4.78, 5) is 23.0. The van der Waals surface area contributed by atoms with Gasteiger partial charge in [-0.1, -0.05) is 19.8 Å². The monoisotopic (exact) mass is 285 g/mol. The molecule has 1 heterocycles. The first-order valence-electron chi connectivity index (χ1n) is 7.27. The van der Waals surface area contributed by atoms with Gasteiger partial charge in [0.25, 0.3) is 0 Å². The Labute approximate surface area is 118 Å². The quantitative estimate of drug-likeness (QED) is 0.706. The minimum Gasteiger partial charge on any atom is -0.479 e. The molecule has 1 aliphatic heterocycles. The number of amides is 1. The van der Waals surface area contributed by atoms with Crippen LogP contribution < -0.4 is 5.32 Å². The minimum atomic E-state index is -1.02. The van der Waals surface area contributed by atoms with Crippen LogP contribution in [0.5, 0.6) is 0 Å². The highest BCUT2D eigenvalue weighted by Crippen LogP contribution is 2.32. The first-order valence-corrected chi connectivity index (χ1v) is 7.27. The second kappa shape index (κ2) is 6.10. The molecule has 1 aliphatic carbocycles. The second-order valence-electron chi connectivity index (χ2n) is 6.16. The zero-order valence-electron chi connectivity index (χ0n) is 11.8. The number of carbonyl (C=O) groups is 2. The van der Waals surface area contributed by atoms with Crippen molar-refractivity contribution in [3.05, 3.63) is 0 Å². The predicted molar refractivity (Wildman–Crippen MR) is 71.1 cm³/mol. The number of carboxylic acids is 1. The van der Waals surface area contributed by atoms with E-state index in [1.54, 1.807) is 0 Å². The molecule has 0 radical (unpaired) electrons. The van der Waals surface area contributed by atoms with Crippen molar-refractivity contribution in [1.82, 2.24) is 5.32 Å². The fourth-order valence-electron chi connectivity index (χ4n) is 3.31. The average Bonchev–Trinajstić information content (AvgIpc) is 2.88. The summed E-state index contributed by atoms with van der Waals surface area (Å²) < 4.78 is 5.25. The maximum Gasteiger partial charge on any atom is 0.332 e. The number of rotatable bonds is 4. The Balaban J connectivity index is 1.94. The van der Waals surface area contributed by atoms with E-state index in [1.807, 2.05) is 0 Å². The Morgan fingerprint density at radius 3 is 2.55 bits per heavy atom. The zero-order valence-corrected chi connectivity index (χ0v) is 11.8. The number of nitrogens with one attached hydrogen (secondary N) is 1. The Morgan fingerprint density at radius 1 is 1.30 bits per heavy atom. The van der Waals surface area contributed by atoms with Gasteiger partial charge in [-0.25, -0.2) is 4.79 Å². The first-order chi connectivity index (χ1) is 9.46. The molecule has 0 aromatic rings. The standard InChI is InChI=1S/C14H23NO5/c1-9-3-2-6-14(7-9,8-16)15-12(17)10-4-5-11(20-10)13(18)19/h9-11,16H,2-8H2,1H3,(H,15,17)(H,18,19). The summed E-state index contributed by atoms with van der Waals surface area (Å²) in [7, 11) is 0. The van der Waals surface area contributed by atoms with Crippen LogP contribution >= 0.6 is 0 Å². The number of aliphatic hydroxyl groups excluding tert-OH is 1. The summed E-state index contributed by atoms with van der Waals surface area (Å²) >= 11 is 0. The van der Waals surface area contributed by atoms with Gasteiger partial charge >= 0.3 is 5.97 Å². The van der Waals surface area contributed by atoms with Crippen molar-refractivity contribution in [2.75, 3.05) is 6.61 Å². The van der Waals surface area contributed by atoms with Crippen molar-refractivity contribution in [3.63, 3.8) is 0 Å². The smallest absolute Gasteiger partial charge is 0.332 e. The number of carbonyl (C=O) groups excluding carboxylic acids is 1. The molecule has 4 unspecified atom stereocenters. The van der Waals surface area contributed by atoms with Crippen LogP contribution in [0.3, 0.4) is 0 Å². The van der Waals surface area contributed by atoms with Gasteiger partial charge in [0.15, 0.2) is 6.10 Å². The van der Waals surface area contributed by atoms with Crippen molar-refractivity contribution in [2.45, 2.75) is 63.2 Å². The Morgan fingerprint density at radius 2 is 2.00 bits per heavy atom. The highest BCUT2D eigenvalue weighted by molar-refractivity contribution is 5.83. The maximum absolute atomic E-state index is 12.2. The Kier molecular flexibility index (Phi) is 4.65. The lowest BCUT2D eigenvalue weighted by molar-refractivity contribution is -0.152. The van der Waals surface area contributed by atoms with Gasteiger partial charge in [0.05, 0.1) is 12.1 Å². The van der Waals surface area contributed by atoms with Crippen LogP contribution in [0.2, 0.25) is 0 Å². The van der Waals surface area contributed by atoms with Crippen LogP contribution in [-0.4, -0.2) is 46.4 Å². The maximum atomic E-state index is 12.2. The van der Waals surface area contributed by atoms with Crippen molar-refractivity contribution in [3.8, 4) is 0 Å². The van der Waals surface area contributed by atoms with Crippen LogP contribution in [0.15, 0.2) is 0 Å². The van der Waals surface area contributed by atoms with E-state index in [9.17, 15) is 14.7 Å². The van der Waals surface area contributed by atoms with E-state index in [0.29, 0.717) is 18.8 Å². The fraction of sp³-hybridized carbons (Fsp3) is 0.857. The molecule has 1 saturated carbocycles. The van der Waals surface area contributed by atoms with Gasteiger partial charge in [-0.05, 0) is 31.6 Å². The van der Waals surface area contributed by atoms with Crippen molar-refractivity contribution >= 4 is 11.9 Å². The number of ether oxygens (including phenoxy) is 1. The van der Waals surface area contributed by atoms with E-state index in [-0.39, 0.29) is 12.5 Å². The number of aliphatic carboxylic acids is 1. The predicted octanol–water partition coefficient (Wildman–Crippen LogP) is 0.676. The molecule has 2 rings (SSSR count). The molecule has 20 heavy (non-hydrogen) atoms. The molecule has 6 nitrogen and oxygen atoms in total. The van der Waals surface area contributed by atoms with E-state index < -0.39 is 23.7 Å². The molecule has 2 aliphatic rings. The van der Waals surface area contributed by atoms with E-state index >= 15 is 0 Å². The van der Waals surface area contributed by atoms with Crippen LogP contribution in [0, 0.1) is 5.92 Å². The Hall–Kier alpha value is -1.14. The second-order valence-corrected chi connectivity index (χ2v) is 6.16. The van der Waals surface area contributed by atoms with E-state index in [0.717, 1.165) is 25.7 Å². The van der Waals surface area contributed by atoms with Crippen LogP contribution in [0.4, 0.5) is 0 Å². The van der Waals surface area contributed by atoms with Crippen molar-refractivity contribution in [1.29, 1.82) is 0 Å². The molecule has 1 saturated heterocycles. The summed E-state index contributed by atoms with van der Waals surface area (Å²) in [6, 6.07) is 0. The normalized spacial score (nSPS) is 37.6. The van der Waals surface area contributed by atoms with Gasteiger partial charge in [-0.3, -0.25) is 4.79 Å². The fourth-order valence-corrected chi connectivity index (χ4v) is 3.31. The lowest BCUT2D eigenvalue weighted by Gasteiger charge is -2.39. The van der Waals surface area contributed by atoms with Gasteiger partial charge in [0.1, 0.15) is 6.10 Å². The van der Waals surface area contributed by atoms with Crippen LogP contribution in [0.25, 0.3) is 0 Å². The minimum absolute atomic E-state index is 0.0852. The number of hydrogen-bond donors (Lipinski definition) is 3. The van der Waals surface area contributed by atoms with Gasteiger partial charge in [-0.15, -0.1) is 0 Å². The molecule has 0 aromatic carbocycles. The third kappa shape index (κ3) is 3.30. The summed E-state index contributed by atoms with van der Waals surface area (Å²) in [6.07, 6.45) is 2.77. The number of aliphatic hydroxyl groups is 1. The first kappa shape index (κ1) is 15.3. The zero-order chi connectivity index (χ0) is 14.8. The van der Waals surface area contributed by atoms with E-state index in [4.69, 9.17) is 9.84 Å². The molecule has 1 amide bonds. The van der Waals surface area contributed by atoms with Gasteiger partial charge in [0.2, 0.25) is 5.91 Å². The van der Waals surface area contributed by atoms with Crippen LogP contribution in [0.1, 0.15) is 45.4 Å². The van der Waals surface area contributed by atoms with Crippen molar-refractivity contribution in [2.24, 2.45) is 5.92 Å². The molecule has 6 heteroatoms. The van der Waals surface area contributed by atoms with Gasteiger partial charge < -0.3 is 20.3 Å². The van der Waals surface area contributed by atoms with Crippen molar-refractivity contribution < 1.29 is 24.5 Å². The molecule has 0 bridgehead atoms. The van der Waals surface area contributed by atoms with E-state index in [1.165, 1.54) is 0 Å². The molecule has 3 N–H and O–H groups in total. The molecule has 114 valence electrons.